The number of nitrogens with one attached hydrogen (secondary N) is 2. The number of thiazole rings is 1. The molecule has 1 aromatic carbocycles. The number of nitrogens with zero attached hydrogens (tertiary/aromatic N) is 2. The van der Waals surface area contributed by atoms with E-state index in [0.29, 0.717) is 48.6 Å². The van der Waals surface area contributed by atoms with Crippen LogP contribution in [0.5, 0.6) is 0 Å². The van der Waals surface area contributed by atoms with Gasteiger partial charge in [0.05, 0.1) is 15.6 Å². The van der Waals surface area contributed by atoms with Crippen LogP contribution in [0, 0.1) is 5.41 Å². The molecule has 9 nitrogen and oxygen atoms in total. The number of aromatic nitrogens is 1. The maximum atomic E-state index is 13.1. The Morgan fingerprint density at radius 3 is 2.74 bits per heavy atom. The van der Waals surface area contributed by atoms with Crippen molar-refractivity contribution in [3.05, 3.63) is 23.8 Å². The van der Waals surface area contributed by atoms with Crippen molar-refractivity contribution in [2.45, 2.75) is 45.6 Å². The van der Waals surface area contributed by atoms with Crippen LogP contribution < -0.4 is 10.6 Å². The molecule has 1 unspecified atom stereocenters. The van der Waals surface area contributed by atoms with Gasteiger partial charge >= 0.3 is 6.09 Å². The molecule has 2 aromatic rings. The van der Waals surface area contributed by atoms with E-state index in [1.807, 2.05) is 0 Å². The molecule has 0 saturated carbocycles. The Hall–Kier alpha value is -3.01. The van der Waals surface area contributed by atoms with Gasteiger partial charge in [-0.05, 0) is 51.8 Å². The first-order chi connectivity index (χ1) is 14.5. The lowest BCUT2D eigenvalue weighted by Gasteiger charge is -2.31. The molecule has 2 N–H and O–H groups in total. The van der Waals surface area contributed by atoms with E-state index in [2.05, 4.69) is 15.6 Å². The van der Waals surface area contributed by atoms with Crippen LogP contribution in [0.25, 0.3) is 10.2 Å². The summed E-state index contributed by atoms with van der Waals surface area (Å²) in [5.74, 6) is -0.708. The third kappa shape index (κ3) is 4.39. The minimum Gasteiger partial charge on any atom is -0.444 e. The molecule has 0 radical (unpaired) electrons. The Bertz CT molecular complexity index is 1090. The SMILES string of the molecule is CC(C)(C)OC(=O)Nc1nc2ccc(C(=O)N3CCC4(CCC(=O)NC4=O)C3)cc2s1. The van der Waals surface area contributed by atoms with Gasteiger partial charge in [-0.2, -0.15) is 0 Å². The van der Waals surface area contributed by atoms with Crippen LogP contribution in [0.3, 0.4) is 0 Å². The first-order valence-corrected chi connectivity index (χ1v) is 10.9. The predicted molar refractivity (Wildman–Crippen MR) is 115 cm³/mol. The molecule has 4 amide bonds. The third-order valence-electron chi connectivity index (χ3n) is 5.45. The molecule has 0 bridgehead atoms. The van der Waals surface area contributed by atoms with Crippen molar-refractivity contribution in [1.29, 1.82) is 0 Å². The summed E-state index contributed by atoms with van der Waals surface area (Å²) in [6.45, 7) is 6.10. The van der Waals surface area contributed by atoms with E-state index in [1.54, 1.807) is 43.9 Å². The highest BCUT2D eigenvalue weighted by Crippen LogP contribution is 2.38. The third-order valence-corrected chi connectivity index (χ3v) is 6.38. The molecule has 1 atom stereocenters. The van der Waals surface area contributed by atoms with Crippen LogP contribution in [0.15, 0.2) is 18.2 Å². The van der Waals surface area contributed by atoms with Gasteiger partial charge in [0.1, 0.15) is 5.60 Å². The standard InChI is InChI=1S/C21H24N4O5S/c1-20(2,3)30-19(29)24-18-22-13-5-4-12(10-14(13)31-18)16(27)25-9-8-21(11-25)7-6-15(26)23-17(21)28/h4-5,10H,6-9,11H2,1-3H3,(H,22,24,29)(H,23,26,28). The topological polar surface area (TPSA) is 118 Å². The van der Waals surface area contributed by atoms with Gasteiger partial charge in [-0.15, -0.1) is 0 Å². The van der Waals surface area contributed by atoms with Crippen molar-refractivity contribution in [3.63, 3.8) is 0 Å². The average Bonchev–Trinajstić information content (AvgIpc) is 3.27. The second-order valence-corrected chi connectivity index (χ2v) is 9.99. The number of fused-ring (bicyclic) bond motifs is 1. The number of amides is 4. The highest BCUT2D eigenvalue weighted by Gasteiger charge is 2.48. The summed E-state index contributed by atoms with van der Waals surface area (Å²) >= 11 is 1.25. The van der Waals surface area contributed by atoms with Gasteiger partial charge in [0.25, 0.3) is 5.91 Å². The molecule has 3 heterocycles. The Balaban J connectivity index is 1.47. The van der Waals surface area contributed by atoms with Gasteiger partial charge in [0, 0.05) is 25.1 Å². The number of ether oxygens (including phenoxy) is 1. The van der Waals surface area contributed by atoms with Gasteiger partial charge < -0.3 is 9.64 Å². The van der Waals surface area contributed by atoms with Crippen molar-refractivity contribution >= 4 is 50.5 Å². The molecule has 164 valence electrons. The number of imide groups is 1. The van der Waals surface area contributed by atoms with E-state index in [9.17, 15) is 19.2 Å². The van der Waals surface area contributed by atoms with E-state index in [1.165, 1.54) is 11.3 Å². The Kier molecular flexibility index (Phi) is 5.20. The van der Waals surface area contributed by atoms with Gasteiger partial charge in [-0.25, -0.2) is 9.78 Å². The molecule has 2 aliphatic rings. The lowest BCUT2D eigenvalue weighted by atomic mass is 9.79. The number of likely N-dealkylation sites (tertiary alicyclic amines) is 1. The molecular formula is C21H24N4O5S. The van der Waals surface area contributed by atoms with Crippen molar-refractivity contribution in [2.24, 2.45) is 5.41 Å². The Morgan fingerprint density at radius 1 is 1.26 bits per heavy atom. The number of carbonyl (C=O) groups is 4. The lowest BCUT2D eigenvalue weighted by Crippen LogP contribution is -2.50. The van der Waals surface area contributed by atoms with Crippen molar-refractivity contribution in [1.82, 2.24) is 15.2 Å². The molecular weight excluding hydrogens is 420 g/mol. The van der Waals surface area contributed by atoms with Gasteiger partial charge in [-0.3, -0.25) is 25.0 Å². The van der Waals surface area contributed by atoms with E-state index >= 15 is 0 Å². The van der Waals surface area contributed by atoms with E-state index < -0.39 is 17.1 Å². The normalized spacial score (nSPS) is 21.5. The largest absolute Gasteiger partial charge is 0.444 e. The van der Waals surface area contributed by atoms with Crippen LogP contribution in [0.1, 0.15) is 50.4 Å². The summed E-state index contributed by atoms with van der Waals surface area (Å²) in [4.78, 5) is 54.9. The summed E-state index contributed by atoms with van der Waals surface area (Å²) in [6.07, 6.45) is 0.725. The molecule has 2 fully saturated rings. The summed E-state index contributed by atoms with van der Waals surface area (Å²) in [5, 5.41) is 5.41. The fourth-order valence-corrected chi connectivity index (χ4v) is 4.80. The number of rotatable bonds is 2. The highest BCUT2D eigenvalue weighted by atomic mass is 32.1. The van der Waals surface area contributed by atoms with Crippen molar-refractivity contribution in [2.75, 3.05) is 18.4 Å². The number of hydrogen-bond donors (Lipinski definition) is 2. The fourth-order valence-electron chi connectivity index (χ4n) is 3.91. The molecule has 4 rings (SSSR count). The molecule has 1 spiro atoms. The number of anilines is 1. The quantitative estimate of drug-likeness (QED) is 0.688. The predicted octanol–water partition coefficient (Wildman–Crippen LogP) is 2.91. The Morgan fingerprint density at radius 2 is 2.03 bits per heavy atom. The van der Waals surface area contributed by atoms with E-state index in [0.717, 1.165) is 4.70 Å². The minimum atomic E-state index is -0.678. The molecule has 0 aliphatic carbocycles. The van der Waals surface area contributed by atoms with Gasteiger partial charge in [0.15, 0.2) is 5.13 Å². The summed E-state index contributed by atoms with van der Waals surface area (Å²) < 4.78 is 6.00. The van der Waals surface area contributed by atoms with E-state index in [4.69, 9.17) is 4.74 Å². The van der Waals surface area contributed by atoms with Crippen LogP contribution in [-0.2, 0) is 14.3 Å². The zero-order valence-electron chi connectivity index (χ0n) is 17.6. The van der Waals surface area contributed by atoms with Crippen molar-refractivity contribution in [3.8, 4) is 0 Å². The van der Waals surface area contributed by atoms with E-state index in [-0.39, 0.29) is 17.7 Å². The maximum absolute atomic E-state index is 13.1. The number of hydrogen-bond acceptors (Lipinski definition) is 7. The molecule has 31 heavy (non-hydrogen) atoms. The smallest absolute Gasteiger partial charge is 0.413 e. The van der Waals surface area contributed by atoms with Crippen LogP contribution in [-0.4, -0.2) is 52.4 Å². The van der Waals surface area contributed by atoms with Crippen LogP contribution in [0.4, 0.5) is 9.93 Å². The van der Waals surface area contributed by atoms with Crippen molar-refractivity contribution < 1.29 is 23.9 Å². The minimum absolute atomic E-state index is 0.168. The number of carbonyl (C=O) groups excluding carboxylic acids is 4. The van der Waals surface area contributed by atoms with Crippen LogP contribution >= 0.6 is 11.3 Å². The average molecular weight is 445 g/mol. The van der Waals surface area contributed by atoms with Gasteiger partial charge in [-0.1, -0.05) is 11.3 Å². The molecule has 1 aromatic heterocycles. The first kappa shape index (κ1) is 21.2. The fraction of sp³-hybridized carbons (Fsp3) is 0.476. The van der Waals surface area contributed by atoms with Crippen LogP contribution in [0.2, 0.25) is 0 Å². The lowest BCUT2D eigenvalue weighted by molar-refractivity contribution is -0.141. The Labute approximate surface area is 183 Å². The molecule has 2 aliphatic heterocycles. The number of benzene rings is 1. The molecule has 10 heteroatoms. The maximum Gasteiger partial charge on any atom is 0.413 e. The zero-order chi connectivity index (χ0) is 22.4. The summed E-state index contributed by atoms with van der Waals surface area (Å²) in [5.41, 5.74) is -0.140. The monoisotopic (exact) mass is 444 g/mol. The summed E-state index contributed by atoms with van der Waals surface area (Å²) in [6, 6.07) is 5.17. The second kappa shape index (κ2) is 7.60. The van der Waals surface area contributed by atoms with Gasteiger partial charge in [0.2, 0.25) is 11.8 Å². The second-order valence-electron chi connectivity index (χ2n) is 8.96. The summed E-state index contributed by atoms with van der Waals surface area (Å²) in [7, 11) is 0. The first-order valence-electron chi connectivity index (χ1n) is 10.1. The number of piperidine rings is 1. The highest BCUT2D eigenvalue weighted by molar-refractivity contribution is 7.22. The molecule has 2 saturated heterocycles. The zero-order valence-corrected chi connectivity index (χ0v) is 18.4.